The number of nitrogens with zero attached hydrogens (tertiary/aromatic N) is 1. The lowest BCUT2D eigenvalue weighted by Gasteiger charge is -2.28. The summed E-state index contributed by atoms with van der Waals surface area (Å²) in [6.07, 6.45) is 2.93. The summed E-state index contributed by atoms with van der Waals surface area (Å²) in [7, 11) is 4.45. The van der Waals surface area contributed by atoms with Gasteiger partial charge in [0.1, 0.15) is 22.8 Å². The Kier molecular flexibility index (Phi) is 5.76. The summed E-state index contributed by atoms with van der Waals surface area (Å²) in [4.78, 5) is 26.1. The normalized spacial score (nSPS) is 15.9. The average molecular weight is 362 g/mol. The van der Waals surface area contributed by atoms with Crippen LogP contribution in [-0.4, -0.2) is 49.7 Å². The van der Waals surface area contributed by atoms with Crippen molar-refractivity contribution in [2.24, 2.45) is 0 Å². The van der Waals surface area contributed by atoms with E-state index >= 15 is 0 Å². The van der Waals surface area contributed by atoms with E-state index in [9.17, 15) is 9.59 Å². The number of carbonyl (C=O) groups excluding carboxylic acids is 2. The van der Waals surface area contributed by atoms with E-state index in [4.69, 9.17) is 26.4 Å². The third-order valence-electron chi connectivity index (χ3n) is 3.54. The van der Waals surface area contributed by atoms with Gasteiger partial charge in [-0.25, -0.2) is 0 Å². The van der Waals surface area contributed by atoms with Crippen LogP contribution in [0.25, 0.3) is 6.08 Å². The fraction of sp³-hybridized carbons (Fsp3) is 0.235. The van der Waals surface area contributed by atoms with Crippen molar-refractivity contribution in [3.05, 3.63) is 35.9 Å². The Bertz CT molecular complexity index is 747. The number of rotatable bonds is 6. The minimum absolute atomic E-state index is 0.0423. The summed E-state index contributed by atoms with van der Waals surface area (Å²) in [5, 5.41) is 2.53. The molecule has 1 heterocycles. The van der Waals surface area contributed by atoms with E-state index in [1.165, 1.54) is 38.4 Å². The molecule has 0 unspecified atom stereocenters. The summed E-state index contributed by atoms with van der Waals surface area (Å²) in [6.45, 7) is 3.77. The molecule has 0 radical (unpaired) electrons. The Labute approximate surface area is 150 Å². The molecule has 8 heteroatoms. The van der Waals surface area contributed by atoms with Gasteiger partial charge < -0.3 is 14.2 Å². The Balaban J connectivity index is 2.57. The zero-order chi connectivity index (χ0) is 18.6. The van der Waals surface area contributed by atoms with Crippen LogP contribution in [-0.2, 0) is 9.59 Å². The van der Waals surface area contributed by atoms with Crippen LogP contribution in [0.5, 0.6) is 17.2 Å². The third kappa shape index (κ3) is 3.63. The molecule has 1 aliphatic heterocycles. The van der Waals surface area contributed by atoms with Crippen LogP contribution in [0.2, 0.25) is 0 Å². The number of ether oxygens (including phenoxy) is 3. The van der Waals surface area contributed by atoms with E-state index in [0.29, 0.717) is 22.8 Å². The first-order valence-electron chi connectivity index (χ1n) is 7.26. The molecule has 1 N–H and O–H groups in total. The Morgan fingerprint density at radius 2 is 1.76 bits per heavy atom. The van der Waals surface area contributed by atoms with Crippen molar-refractivity contribution in [2.75, 3.05) is 27.9 Å². The number of hydrogen-bond acceptors (Lipinski definition) is 6. The number of methoxy groups -OCH3 is 3. The van der Waals surface area contributed by atoms with Crippen LogP contribution in [0, 0.1) is 0 Å². The van der Waals surface area contributed by atoms with E-state index < -0.39 is 11.8 Å². The SMILES string of the molecule is C=CCN1C(=O)/C(=C\c2c(OC)cc(OC)cc2OC)C(=O)NC1=S. The molecule has 2 rings (SSSR count). The van der Waals surface area contributed by atoms with Crippen LogP contribution in [0.4, 0.5) is 0 Å². The second-order valence-corrected chi connectivity index (χ2v) is 5.35. The molecule has 0 saturated carbocycles. The minimum atomic E-state index is -0.588. The lowest BCUT2D eigenvalue weighted by Crippen LogP contribution is -2.53. The van der Waals surface area contributed by atoms with E-state index in [2.05, 4.69) is 11.9 Å². The summed E-state index contributed by atoms with van der Waals surface area (Å²) in [5.41, 5.74) is 0.355. The zero-order valence-electron chi connectivity index (χ0n) is 14.1. The van der Waals surface area contributed by atoms with Crippen molar-refractivity contribution < 1.29 is 23.8 Å². The Morgan fingerprint density at radius 1 is 1.16 bits per heavy atom. The highest BCUT2D eigenvalue weighted by atomic mass is 32.1. The molecule has 0 spiro atoms. The number of thiocarbonyl (C=S) groups is 1. The van der Waals surface area contributed by atoms with E-state index in [0.717, 1.165) is 0 Å². The smallest absolute Gasteiger partial charge is 0.265 e. The topological polar surface area (TPSA) is 77.1 Å². The average Bonchev–Trinajstić information content (AvgIpc) is 2.61. The summed E-state index contributed by atoms with van der Waals surface area (Å²) in [6, 6.07) is 3.26. The first-order valence-corrected chi connectivity index (χ1v) is 7.67. The lowest BCUT2D eigenvalue weighted by molar-refractivity contribution is -0.128. The minimum Gasteiger partial charge on any atom is -0.496 e. The largest absolute Gasteiger partial charge is 0.496 e. The molecule has 1 fully saturated rings. The number of nitrogens with one attached hydrogen (secondary N) is 1. The summed E-state index contributed by atoms with van der Waals surface area (Å²) >= 11 is 5.03. The maximum atomic E-state index is 12.6. The number of hydrogen-bond donors (Lipinski definition) is 1. The molecule has 1 aromatic carbocycles. The molecule has 1 saturated heterocycles. The highest BCUT2D eigenvalue weighted by Gasteiger charge is 2.33. The van der Waals surface area contributed by atoms with Crippen LogP contribution >= 0.6 is 12.2 Å². The molecule has 0 atom stereocenters. The predicted molar refractivity (Wildman–Crippen MR) is 96.7 cm³/mol. The van der Waals surface area contributed by atoms with Crippen molar-refractivity contribution in [1.29, 1.82) is 0 Å². The van der Waals surface area contributed by atoms with Crippen molar-refractivity contribution in [3.8, 4) is 17.2 Å². The molecule has 0 bridgehead atoms. The molecule has 1 aromatic rings. The Hall–Kier alpha value is -2.87. The molecular weight excluding hydrogens is 344 g/mol. The van der Waals surface area contributed by atoms with Crippen LogP contribution in [0.3, 0.4) is 0 Å². The van der Waals surface area contributed by atoms with Gasteiger partial charge in [-0.3, -0.25) is 19.8 Å². The molecular formula is C17H18N2O5S. The number of benzene rings is 1. The Morgan fingerprint density at radius 3 is 2.24 bits per heavy atom. The van der Waals surface area contributed by atoms with E-state index in [1.54, 1.807) is 12.1 Å². The zero-order valence-corrected chi connectivity index (χ0v) is 14.9. The molecule has 7 nitrogen and oxygen atoms in total. The molecule has 0 aromatic heterocycles. The number of carbonyl (C=O) groups is 2. The van der Waals surface area contributed by atoms with Gasteiger partial charge in [-0.1, -0.05) is 6.08 Å². The fourth-order valence-electron chi connectivity index (χ4n) is 2.31. The number of amides is 2. The molecule has 25 heavy (non-hydrogen) atoms. The van der Waals surface area contributed by atoms with Gasteiger partial charge in [0.15, 0.2) is 5.11 Å². The van der Waals surface area contributed by atoms with Gasteiger partial charge in [0.2, 0.25) is 0 Å². The van der Waals surface area contributed by atoms with Crippen LogP contribution in [0.1, 0.15) is 5.56 Å². The van der Waals surface area contributed by atoms with E-state index in [-0.39, 0.29) is 17.2 Å². The molecule has 0 aliphatic carbocycles. The standard InChI is InChI=1S/C17H18N2O5S/c1-5-6-19-16(21)12(15(20)18-17(19)25)9-11-13(23-3)7-10(22-2)8-14(11)24-4/h5,7-9H,1,6H2,2-4H3,(H,18,20,25)/b12-9-. The van der Waals surface area contributed by atoms with Gasteiger partial charge in [-0.05, 0) is 18.3 Å². The van der Waals surface area contributed by atoms with Gasteiger partial charge >= 0.3 is 0 Å². The van der Waals surface area contributed by atoms with Gasteiger partial charge in [-0.15, -0.1) is 6.58 Å². The first kappa shape index (κ1) is 18.5. The third-order valence-corrected chi connectivity index (χ3v) is 3.86. The highest BCUT2D eigenvalue weighted by Crippen LogP contribution is 2.36. The quantitative estimate of drug-likeness (QED) is 0.358. The van der Waals surface area contributed by atoms with Crippen molar-refractivity contribution >= 4 is 35.2 Å². The molecule has 132 valence electrons. The van der Waals surface area contributed by atoms with Gasteiger partial charge in [0.05, 0.1) is 26.9 Å². The predicted octanol–water partition coefficient (Wildman–Crippen LogP) is 1.53. The summed E-state index contributed by atoms with van der Waals surface area (Å²) < 4.78 is 15.9. The van der Waals surface area contributed by atoms with Crippen LogP contribution < -0.4 is 19.5 Å². The molecule has 1 aliphatic rings. The first-order chi connectivity index (χ1) is 12.0. The fourth-order valence-corrected chi connectivity index (χ4v) is 2.56. The molecule has 2 amide bonds. The van der Waals surface area contributed by atoms with E-state index in [1.807, 2.05) is 0 Å². The monoisotopic (exact) mass is 362 g/mol. The summed E-state index contributed by atoms with van der Waals surface area (Å²) in [5.74, 6) is 0.203. The van der Waals surface area contributed by atoms with Crippen molar-refractivity contribution in [2.45, 2.75) is 0 Å². The van der Waals surface area contributed by atoms with Gasteiger partial charge in [-0.2, -0.15) is 0 Å². The highest BCUT2D eigenvalue weighted by molar-refractivity contribution is 7.80. The second kappa shape index (κ2) is 7.80. The maximum absolute atomic E-state index is 12.6. The second-order valence-electron chi connectivity index (χ2n) is 4.97. The maximum Gasteiger partial charge on any atom is 0.265 e. The lowest BCUT2D eigenvalue weighted by atomic mass is 10.1. The van der Waals surface area contributed by atoms with Crippen molar-refractivity contribution in [3.63, 3.8) is 0 Å². The van der Waals surface area contributed by atoms with Gasteiger partial charge in [0.25, 0.3) is 11.8 Å². The van der Waals surface area contributed by atoms with Crippen molar-refractivity contribution in [1.82, 2.24) is 10.2 Å². The van der Waals surface area contributed by atoms with Crippen LogP contribution in [0.15, 0.2) is 30.4 Å². The van der Waals surface area contributed by atoms with Gasteiger partial charge in [0, 0.05) is 18.7 Å².